The molecule has 2 aromatic heterocycles. The Morgan fingerprint density at radius 2 is 1.64 bits per heavy atom. The van der Waals surface area contributed by atoms with Crippen molar-refractivity contribution in [3.05, 3.63) is 72.1 Å². The van der Waals surface area contributed by atoms with Crippen LogP contribution in [0.4, 0.5) is 0 Å². The summed E-state index contributed by atoms with van der Waals surface area (Å²) in [6, 6.07) is 10.2. The number of aliphatic carboxylic acids is 3. The summed E-state index contributed by atoms with van der Waals surface area (Å²) in [5, 5.41) is 33.8. The van der Waals surface area contributed by atoms with Crippen molar-refractivity contribution in [2.24, 2.45) is 0 Å². The molecule has 208 valence electrons. The number of hydrogen-bond donors (Lipinski definition) is 4. The molecule has 0 amide bonds. The molecule has 0 unspecified atom stereocenters. The third-order valence-electron chi connectivity index (χ3n) is 5.78. The summed E-state index contributed by atoms with van der Waals surface area (Å²) in [5.74, 6) is -3.38. The number of fused-ring (bicyclic) bond motifs is 1. The number of aryl methyl sites for hydroxylation is 1. The third kappa shape index (κ3) is 8.51. The maximum atomic E-state index is 10.3. The van der Waals surface area contributed by atoms with Crippen molar-refractivity contribution < 1.29 is 44.3 Å². The van der Waals surface area contributed by atoms with Crippen molar-refractivity contribution in [3.63, 3.8) is 0 Å². The molecule has 3 aromatic rings. The molecule has 1 aromatic carbocycles. The van der Waals surface area contributed by atoms with Gasteiger partial charge in [0.1, 0.15) is 0 Å². The van der Waals surface area contributed by atoms with Gasteiger partial charge in [0, 0.05) is 44.8 Å². The molecule has 13 nitrogen and oxygen atoms in total. The Labute approximate surface area is 223 Å². The van der Waals surface area contributed by atoms with Crippen LogP contribution < -0.4 is 9.47 Å². The Bertz CT molecular complexity index is 1260. The number of aromatic nitrogens is 3. The molecule has 13 heteroatoms. The fraction of sp³-hybridized carbons (Fsp3) is 0.346. The van der Waals surface area contributed by atoms with E-state index in [2.05, 4.69) is 44.6 Å². The molecular weight excluding hydrogens is 512 g/mol. The van der Waals surface area contributed by atoms with Gasteiger partial charge >= 0.3 is 17.9 Å². The molecule has 0 spiro atoms. The maximum absolute atomic E-state index is 10.3. The summed E-state index contributed by atoms with van der Waals surface area (Å²) in [4.78, 5) is 41.4. The van der Waals surface area contributed by atoms with Crippen LogP contribution in [0.2, 0.25) is 0 Å². The molecule has 1 aliphatic heterocycles. The van der Waals surface area contributed by atoms with Crippen LogP contribution in [0.1, 0.15) is 36.6 Å². The van der Waals surface area contributed by atoms with Crippen LogP contribution in [0.15, 0.2) is 55.2 Å². The number of carbonyl (C=O) groups is 3. The van der Waals surface area contributed by atoms with E-state index in [1.807, 2.05) is 30.9 Å². The molecule has 0 aliphatic carbocycles. The summed E-state index contributed by atoms with van der Waals surface area (Å²) < 4.78 is 13.1. The minimum absolute atomic E-state index is 0.299. The highest BCUT2D eigenvalue weighted by Crippen LogP contribution is 2.33. The third-order valence-corrected chi connectivity index (χ3v) is 5.78. The zero-order valence-electron chi connectivity index (χ0n) is 21.3. The van der Waals surface area contributed by atoms with E-state index in [9.17, 15) is 14.4 Å². The Morgan fingerprint density at radius 1 is 0.949 bits per heavy atom. The molecular formula is C26H30N4O9. The number of nitrogens with zero attached hydrogens (tertiary/aromatic N) is 4. The second kappa shape index (κ2) is 13.3. The highest BCUT2D eigenvalue weighted by atomic mass is 16.7. The summed E-state index contributed by atoms with van der Waals surface area (Å²) in [7, 11) is 0. The minimum atomic E-state index is -2.74. The quantitative estimate of drug-likeness (QED) is 0.261. The summed E-state index contributed by atoms with van der Waals surface area (Å²) in [5.41, 5.74) is 0.853. The standard InChI is InChI=1S/C20H22N4O2.C6H8O7/c1-2-24-14-22-10-18(24)13-23(12-17-4-3-7-21-9-17)11-16-5-6-19-20(8-16)26-15-25-19;7-3(8)1-6(13,5(11)12)2-4(9)10/h3-10,14H,2,11-13,15H2,1H3;13H,1-2H2,(H,7,8)(H,9,10)(H,11,12). The molecule has 39 heavy (non-hydrogen) atoms. The van der Waals surface area contributed by atoms with Crippen molar-refractivity contribution >= 4 is 17.9 Å². The van der Waals surface area contributed by atoms with E-state index < -0.39 is 36.4 Å². The predicted molar refractivity (Wildman–Crippen MR) is 135 cm³/mol. The van der Waals surface area contributed by atoms with Crippen LogP contribution in [0, 0.1) is 0 Å². The molecule has 0 radical (unpaired) electrons. The van der Waals surface area contributed by atoms with E-state index in [0.29, 0.717) is 6.79 Å². The van der Waals surface area contributed by atoms with Crippen LogP contribution >= 0.6 is 0 Å². The highest BCUT2D eigenvalue weighted by Gasteiger charge is 2.40. The summed E-state index contributed by atoms with van der Waals surface area (Å²) in [6.45, 7) is 5.79. The zero-order valence-corrected chi connectivity index (χ0v) is 21.3. The number of aliphatic hydroxyl groups is 1. The monoisotopic (exact) mass is 542 g/mol. The number of carboxylic acids is 3. The van der Waals surface area contributed by atoms with Gasteiger partial charge in [-0.3, -0.25) is 19.5 Å². The lowest BCUT2D eigenvalue weighted by atomic mass is 9.96. The number of hydrogen-bond acceptors (Lipinski definition) is 9. The Kier molecular flexibility index (Phi) is 9.95. The van der Waals surface area contributed by atoms with Crippen LogP contribution in [0.3, 0.4) is 0 Å². The molecule has 4 rings (SSSR count). The van der Waals surface area contributed by atoms with Crippen molar-refractivity contribution in [1.29, 1.82) is 0 Å². The fourth-order valence-electron chi connectivity index (χ4n) is 3.92. The van der Waals surface area contributed by atoms with Gasteiger partial charge in [0.25, 0.3) is 0 Å². The van der Waals surface area contributed by atoms with Crippen LogP contribution in [0.5, 0.6) is 11.5 Å². The molecule has 4 N–H and O–H groups in total. The van der Waals surface area contributed by atoms with Gasteiger partial charge in [-0.15, -0.1) is 0 Å². The Balaban J connectivity index is 0.000000276. The van der Waals surface area contributed by atoms with Gasteiger partial charge in [0.05, 0.1) is 24.9 Å². The van der Waals surface area contributed by atoms with Gasteiger partial charge in [-0.25, -0.2) is 9.78 Å². The molecule has 0 atom stereocenters. The zero-order chi connectivity index (χ0) is 28.4. The number of imidazole rings is 1. The molecule has 0 saturated carbocycles. The van der Waals surface area contributed by atoms with Crippen LogP contribution in [-0.2, 0) is 40.6 Å². The molecule has 1 aliphatic rings. The Hall–Kier alpha value is -4.49. The molecule has 0 bridgehead atoms. The topological polar surface area (TPSA) is 185 Å². The van der Waals surface area contributed by atoms with Crippen molar-refractivity contribution in [3.8, 4) is 11.5 Å². The van der Waals surface area contributed by atoms with Gasteiger partial charge in [-0.05, 0) is 36.2 Å². The van der Waals surface area contributed by atoms with Crippen molar-refractivity contribution in [2.45, 2.75) is 51.5 Å². The van der Waals surface area contributed by atoms with E-state index in [1.54, 1.807) is 6.20 Å². The fourth-order valence-corrected chi connectivity index (χ4v) is 3.92. The first-order chi connectivity index (χ1) is 18.6. The number of rotatable bonds is 12. The average Bonchev–Trinajstić information content (AvgIpc) is 3.52. The first-order valence-corrected chi connectivity index (χ1v) is 12.0. The van der Waals surface area contributed by atoms with Crippen molar-refractivity contribution in [2.75, 3.05) is 6.79 Å². The van der Waals surface area contributed by atoms with Gasteiger partial charge < -0.3 is 34.5 Å². The largest absolute Gasteiger partial charge is 0.481 e. The van der Waals surface area contributed by atoms with E-state index in [4.69, 9.17) is 29.9 Å². The first kappa shape index (κ1) is 29.1. The smallest absolute Gasteiger partial charge is 0.336 e. The normalized spacial score (nSPS) is 12.1. The lowest BCUT2D eigenvalue weighted by Crippen LogP contribution is -2.42. The molecule has 3 heterocycles. The van der Waals surface area contributed by atoms with E-state index in [0.717, 1.165) is 37.7 Å². The number of pyridine rings is 1. The van der Waals surface area contributed by atoms with Crippen LogP contribution in [-0.4, -0.2) is 70.2 Å². The average molecular weight is 543 g/mol. The van der Waals surface area contributed by atoms with E-state index >= 15 is 0 Å². The highest BCUT2D eigenvalue weighted by molar-refractivity contribution is 5.88. The Morgan fingerprint density at radius 3 is 2.26 bits per heavy atom. The SMILES string of the molecule is CCn1cncc1CN(Cc1cccnc1)Cc1ccc2c(c1)OCO2.O=C(O)CC(O)(CC(=O)O)C(=O)O. The molecule has 0 saturated heterocycles. The number of ether oxygens (including phenoxy) is 2. The summed E-state index contributed by atoms with van der Waals surface area (Å²) >= 11 is 0. The first-order valence-electron chi connectivity index (χ1n) is 12.0. The molecule has 0 fully saturated rings. The van der Waals surface area contributed by atoms with Crippen LogP contribution in [0.25, 0.3) is 0 Å². The lowest BCUT2D eigenvalue weighted by Gasteiger charge is -2.23. The second-order valence-electron chi connectivity index (χ2n) is 8.84. The van der Waals surface area contributed by atoms with Gasteiger partial charge in [-0.1, -0.05) is 12.1 Å². The maximum Gasteiger partial charge on any atom is 0.336 e. The predicted octanol–water partition coefficient (Wildman–Crippen LogP) is 1.98. The summed E-state index contributed by atoms with van der Waals surface area (Å²) in [6.07, 6.45) is 5.27. The van der Waals surface area contributed by atoms with Gasteiger partial charge in [0.15, 0.2) is 17.1 Å². The van der Waals surface area contributed by atoms with Gasteiger partial charge in [-0.2, -0.15) is 0 Å². The van der Waals surface area contributed by atoms with Crippen molar-refractivity contribution in [1.82, 2.24) is 19.4 Å². The lowest BCUT2D eigenvalue weighted by molar-refractivity contribution is -0.170. The van der Waals surface area contributed by atoms with E-state index in [-0.39, 0.29) is 0 Å². The number of benzene rings is 1. The second-order valence-corrected chi connectivity index (χ2v) is 8.84. The number of carboxylic acid groups (broad SMARTS) is 3. The minimum Gasteiger partial charge on any atom is -0.481 e. The van der Waals surface area contributed by atoms with E-state index in [1.165, 1.54) is 16.8 Å². The van der Waals surface area contributed by atoms with Gasteiger partial charge in [0.2, 0.25) is 6.79 Å².